The smallest absolute Gasteiger partial charge is 0.400 e. The highest BCUT2D eigenvalue weighted by molar-refractivity contribution is 7.85. The van der Waals surface area contributed by atoms with E-state index in [0.717, 1.165) is 0 Å². The Morgan fingerprint density at radius 2 is 1.80 bits per heavy atom. The van der Waals surface area contributed by atoms with Crippen molar-refractivity contribution in [3.05, 3.63) is 17.7 Å². The lowest BCUT2D eigenvalue weighted by Gasteiger charge is -2.15. The Kier molecular flexibility index (Phi) is 5.82. The largest absolute Gasteiger partial charge is 0.496 e. The van der Waals surface area contributed by atoms with Crippen molar-refractivity contribution in [2.45, 2.75) is 17.5 Å². The molecule has 0 saturated heterocycles. The van der Waals surface area contributed by atoms with Gasteiger partial charge in [0, 0.05) is 6.07 Å². The van der Waals surface area contributed by atoms with Crippen LogP contribution >= 0.6 is 0 Å². The average Bonchev–Trinajstić information content (AvgIpc) is 2.36. The van der Waals surface area contributed by atoms with Crippen molar-refractivity contribution in [1.82, 2.24) is 0 Å². The molecule has 1 rings (SSSR count). The van der Waals surface area contributed by atoms with Gasteiger partial charge in [-0.3, -0.25) is 4.21 Å². The van der Waals surface area contributed by atoms with Gasteiger partial charge < -0.3 is 15.2 Å². The van der Waals surface area contributed by atoms with Crippen molar-refractivity contribution in [1.29, 1.82) is 0 Å². The highest BCUT2D eigenvalue weighted by Gasteiger charge is 2.32. The quantitative estimate of drug-likeness (QED) is 0.871. The number of benzene rings is 1. The molecule has 0 radical (unpaired) electrons. The number of methoxy groups -OCH3 is 2. The van der Waals surface area contributed by atoms with Crippen LogP contribution in [0.4, 0.5) is 13.2 Å². The molecule has 1 aromatic carbocycles. The first-order valence-corrected chi connectivity index (χ1v) is 7.04. The van der Waals surface area contributed by atoms with E-state index in [4.69, 9.17) is 15.2 Å². The minimum absolute atomic E-state index is 0.0394. The monoisotopic (exact) mass is 311 g/mol. The summed E-state index contributed by atoms with van der Waals surface area (Å²) in [4.78, 5) is -0.0394. The Balaban J connectivity index is 3.21. The topological polar surface area (TPSA) is 61.5 Å². The maximum Gasteiger partial charge on any atom is 0.400 e. The maximum atomic E-state index is 12.3. The number of nitrogens with two attached hydrogens (primary N) is 1. The van der Waals surface area contributed by atoms with E-state index >= 15 is 0 Å². The normalized spacial score (nSPS) is 13.1. The molecule has 0 heterocycles. The van der Waals surface area contributed by atoms with Crippen molar-refractivity contribution in [3.63, 3.8) is 0 Å². The summed E-state index contributed by atoms with van der Waals surface area (Å²) >= 11 is 0. The third-order valence-corrected chi connectivity index (χ3v) is 3.92. The van der Waals surface area contributed by atoms with E-state index in [9.17, 15) is 17.4 Å². The number of hydrogen-bond donors (Lipinski definition) is 1. The van der Waals surface area contributed by atoms with Crippen LogP contribution in [0.25, 0.3) is 0 Å². The molecule has 0 saturated carbocycles. The second-order valence-electron chi connectivity index (χ2n) is 3.96. The van der Waals surface area contributed by atoms with Crippen LogP contribution in [0.15, 0.2) is 17.0 Å². The van der Waals surface area contributed by atoms with Gasteiger partial charge in [0.05, 0.1) is 29.9 Å². The van der Waals surface area contributed by atoms with Crippen LogP contribution in [0.5, 0.6) is 11.5 Å². The molecule has 0 bridgehead atoms. The standard InChI is InChI=1S/C12H16F3NO3S/c1-18-9-6-11(20(17)7-12(13,14)15)10(19-2)5-8(9)3-4-16/h5-6H,3-4,7,16H2,1-2H3. The van der Waals surface area contributed by atoms with E-state index in [0.29, 0.717) is 24.3 Å². The van der Waals surface area contributed by atoms with Gasteiger partial charge in [0.25, 0.3) is 0 Å². The second kappa shape index (κ2) is 6.94. The summed E-state index contributed by atoms with van der Waals surface area (Å²) in [5.74, 6) is -0.943. The minimum atomic E-state index is -4.51. The van der Waals surface area contributed by atoms with E-state index in [-0.39, 0.29) is 10.6 Å². The summed E-state index contributed by atoms with van der Waals surface area (Å²) in [5, 5.41) is 0. The van der Waals surface area contributed by atoms with Crippen LogP contribution in [0, 0.1) is 0 Å². The summed E-state index contributed by atoms with van der Waals surface area (Å²) in [5.41, 5.74) is 6.15. The van der Waals surface area contributed by atoms with E-state index < -0.39 is 22.7 Å². The Bertz CT molecular complexity index is 492. The van der Waals surface area contributed by atoms with Crippen molar-refractivity contribution in [3.8, 4) is 11.5 Å². The van der Waals surface area contributed by atoms with Crippen molar-refractivity contribution >= 4 is 10.8 Å². The molecule has 0 aliphatic rings. The van der Waals surface area contributed by atoms with E-state index in [1.54, 1.807) is 0 Å². The molecule has 114 valence electrons. The fourth-order valence-corrected chi connectivity index (χ4v) is 2.75. The molecule has 0 aliphatic carbocycles. The lowest BCUT2D eigenvalue weighted by Crippen LogP contribution is -2.19. The summed E-state index contributed by atoms with van der Waals surface area (Å²) in [6.07, 6.45) is -4.04. The molecule has 8 heteroatoms. The van der Waals surface area contributed by atoms with Crippen LogP contribution in [0.1, 0.15) is 5.56 Å². The SMILES string of the molecule is COc1cc(S(=O)CC(F)(F)F)c(OC)cc1CCN. The van der Waals surface area contributed by atoms with Crippen LogP contribution in [-0.4, -0.2) is 36.9 Å². The van der Waals surface area contributed by atoms with Gasteiger partial charge in [-0.25, -0.2) is 0 Å². The fraction of sp³-hybridized carbons (Fsp3) is 0.500. The zero-order chi connectivity index (χ0) is 15.3. The van der Waals surface area contributed by atoms with Crippen molar-refractivity contribution in [2.24, 2.45) is 5.73 Å². The van der Waals surface area contributed by atoms with Gasteiger partial charge in [-0.2, -0.15) is 13.2 Å². The lowest BCUT2D eigenvalue weighted by molar-refractivity contribution is -0.105. The van der Waals surface area contributed by atoms with Gasteiger partial charge in [0.1, 0.15) is 17.3 Å². The number of halogens is 3. The molecule has 0 amide bonds. The highest BCUT2D eigenvalue weighted by Crippen LogP contribution is 2.33. The fourth-order valence-electron chi connectivity index (χ4n) is 1.69. The molecule has 0 aromatic heterocycles. The zero-order valence-electron chi connectivity index (χ0n) is 11.1. The number of rotatable bonds is 6. The number of ether oxygens (including phenoxy) is 2. The second-order valence-corrected chi connectivity index (χ2v) is 5.38. The summed E-state index contributed by atoms with van der Waals surface area (Å²) in [6.45, 7) is 0.352. The minimum Gasteiger partial charge on any atom is -0.496 e. The predicted octanol–water partition coefficient (Wildman–Crippen LogP) is 1.87. The Morgan fingerprint density at radius 1 is 1.20 bits per heavy atom. The zero-order valence-corrected chi connectivity index (χ0v) is 11.9. The molecule has 20 heavy (non-hydrogen) atoms. The average molecular weight is 311 g/mol. The lowest BCUT2D eigenvalue weighted by atomic mass is 10.1. The molecule has 1 unspecified atom stereocenters. The molecule has 0 fully saturated rings. The molecule has 2 N–H and O–H groups in total. The van der Waals surface area contributed by atoms with Crippen LogP contribution in [0.2, 0.25) is 0 Å². The van der Waals surface area contributed by atoms with E-state index in [1.807, 2.05) is 0 Å². The summed E-state index contributed by atoms with van der Waals surface area (Å²) in [7, 11) is 0.445. The molecule has 1 atom stereocenters. The van der Waals surface area contributed by atoms with Gasteiger partial charge in [0.2, 0.25) is 0 Å². The Hall–Kier alpha value is -1.28. The highest BCUT2D eigenvalue weighted by atomic mass is 32.2. The van der Waals surface area contributed by atoms with Crippen molar-refractivity contribution in [2.75, 3.05) is 26.5 Å². The van der Waals surface area contributed by atoms with E-state index in [2.05, 4.69) is 0 Å². The summed E-state index contributed by atoms with van der Waals surface area (Å²) in [6, 6.07) is 2.82. The van der Waals surface area contributed by atoms with E-state index in [1.165, 1.54) is 26.4 Å². The molecule has 0 aliphatic heterocycles. The van der Waals surface area contributed by atoms with Gasteiger partial charge in [-0.15, -0.1) is 0 Å². The predicted molar refractivity (Wildman–Crippen MR) is 69.6 cm³/mol. The van der Waals surface area contributed by atoms with Crippen LogP contribution < -0.4 is 15.2 Å². The first-order valence-electron chi connectivity index (χ1n) is 5.72. The third kappa shape index (κ3) is 4.38. The third-order valence-electron chi connectivity index (χ3n) is 2.52. The Labute approximate surface area is 117 Å². The maximum absolute atomic E-state index is 12.3. The molecular weight excluding hydrogens is 295 g/mol. The Morgan fingerprint density at radius 3 is 2.25 bits per heavy atom. The molecule has 4 nitrogen and oxygen atoms in total. The first-order chi connectivity index (χ1) is 9.32. The molecular formula is C12H16F3NO3S. The van der Waals surface area contributed by atoms with Gasteiger partial charge in [-0.05, 0) is 24.6 Å². The van der Waals surface area contributed by atoms with Crippen LogP contribution in [-0.2, 0) is 17.2 Å². The molecule has 1 aromatic rings. The van der Waals surface area contributed by atoms with Gasteiger partial charge in [-0.1, -0.05) is 0 Å². The number of alkyl halides is 3. The van der Waals surface area contributed by atoms with Gasteiger partial charge in [0.15, 0.2) is 0 Å². The van der Waals surface area contributed by atoms with Crippen molar-refractivity contribution < 1.29 is 26.9 Å². The number of hydrogen-bond acceptors (Lipinski definition) is 4. The summed E-state index contributed by atoms with van der Waals surface area (Å²) < 4.78 is 58.9. The van der Waals surface area contributed by atoms with Gasteiger partial charge >= 0.3 is 6.18 Å². The van der Waals surface area contributed by atoms with Crippen LogP contribution in [0.3, 0.4) is 0 Å². The first kappa shape index (κ1) is 16.8. The molecule has 0 spiro atoms.